The number of carbonyl (C=O) groups excluding carboxylic acids is 1. The Balaban J connectivity index is 1.17. The fourth-order valence-electron chi connectivity index (χ4n) is 4.62. The molecule has 0 bridgehead atoms. The van der Waals surface area contributed by atoms with Crippen molar-refractivity contribution < 1.29 is 9.21 Å². The van der Waals surface area contributed by atoms with E-state index in [1.807, 2.05) is 40.1 Å². The highest BCUT2D eigenvalue weighted by Crippen LogP contribution is 2.26. The first-order chi connectivity index (χ1) is 16.2. The van der Waals surface area contributed by atoms with Crippen LogP contribution in [0.15, 0.2) is 51.7 Å². The van der Waals surface area contributed by atoms with E-state index in [4.69, 9.17) is 4.42 Å². The molecule has 0 atom stereocenters. The Morgan fingerprint density at radius 2 is 1.67 bits per heavy atom. The number of nitrogens with zero attached hydrogens (tertiary/aromatic N) is 5. The molecule has 4 heterocycles. The number of benzene rings is 2. The van der Waals surface area contributed by atoms with Crippen molar-refractivity contribution in [2.24, 2.45) is 0 Å². The van der Waals surface area contributed by atoms with Crippen molar-refractivity contribution in [3.05, 3.63) is 58.4 Å². The lowest BCUT2D eigenvalue weighted by molar-refractivity contribution is 0.0746. The topological polar surface area (TPSA) is 98.6 Å². The second-order valence-corrected chi connectivity index (χ2v) is 8.56. The Hall–Kier alpha value is -3.88. The first kappa shape index (κ1) is 19.8. The minimum Gasteiger partial charge on any atom is -0.423 e. The maximum atomic E-state index is 13.1. The van der Waals surface area contributed by atoms with Gasteiger partial charge in [0.15, 0.2) is 5.58 Å². The highest BCUT2D eigenvalue weighted by Gasteiger charge is 2.25. The van der Waals surface area contributed by atoms with E-state index in [1.54, 1.807) is 12.1 Å². The van der Waals surface area contributed by atoms with E-state index in [2.05, 4.69) is 19.9 Å². The summed E-state index contributed by atoms with van der Waals surface area (Å²) in [6.07, 6.45) is 2.30. The summed E-state index contributed by atoms with van der Waals surface area (Å²) in [6.45, 7) is 4.19. The molecule has 2 saturated heterocycles. The van der Waals surface area contributed by atoms with Crippen LogP contribution in [0.3, 0.4) is 0 Å². The lowest BCUT2D eigenvalue weighted by atomic mass is 10.1. The third-order valence-electron chi connectivity index (χ3n) is 6.47. The fourth-order valence-corrected chi connectivity index (χ4v) is 4.62. The quantitative estimate of drug-likeness (QED) is 0.519. The van der Waals surface area contributed by atoms with E-state index in [9.17, 15) is 9.59 Å². The molecule has 33 heavy (non-hydrogen) atoms. The third kappa shape index (κ3) is 3.59. The van der Waals surface area contributed by atoms with E-state index in [0.29, 0.717) is 60.2 Å². The molecule has 2 aromatic heterocycles. The van der Waals surface area contributed by atoms with Crippen LogP contribution < -0.4 is 15.4 Å². The van der Waals surface area contributed by atoms with Gasteiger partial charge in [0, 0.05) is 44.8 Å². The van der Waals surface area contributed by atoms with Crippen LogP contribution in [0.4, 0.5) is 12.0 Å². The molecule has 6 rings (SSSR count). The number of carbonyl (C=O) groups is 1. The van der Waals surface area contributed by atoms with Gasteiger partial charge >= 0.3 is 0 Å². The predicted octanol–water partition coefficient (Wildman–Crippen LogP) is 2.63. The summed E-state index contributed by atoms with van der Waals surface area (Å²) >= 11 is 0. The summed E-state index contributed by atoms with van der Waals surface area (Å²) < 4.78 is 5.95. The van der Waals surface area contributed by atoms with E-state index in [-0.39, 0.29) is 11.5 Å². The number of nitrogens with one attached hydrogen (secondary N) is 1. The van der Waals surface area contributed by atoms with Crippen molar-refractivity contribution in [1.82, 2.24) is 19.9 Å². The first-order valence-electron chi connectivity index (χ1n) is 11.3. The molecular weight excluding hydrogens is 420 g/mol. The highest BCUT2D eigenvalue weighted by atomic mass is 16.4. The normalized spacial score (nSPS) is 16.8. The van der Waals surface area contributed by atoms with E-state index < -0.39 is 0 Å². The van der Waals surface area contributed by atoms with Crippen LogP contribution in [-0.4, -0.2) is 65.0 Å². The van der Waals surface area contributed by atoms with Crippen molar-refractivity contribution >= 4 is 39.9 Å². The summed E-state index contributed by atoms with van der Waals surface area (Å²) in [7, 11) is 0. The van der Waals surface area contributed by atoms with E-state index >= 15 is 0 Å². The van der Waals surface area contributed by atoms with Crippen LogP contribution in [0.1, 0.15) is 23.2 Å². The number of fused-ring (bicyclic) bond motifs is 2. The number of piperazine rings is 1. The van der Waals surface area contributed by atoms with Crippen molar-refractivity contribution in [1.29, 1.82) is 0 Å². The van der Waals surface area contributed by atoms with Gasteiger partial charge in [-0.2, -0.15) is 4.98 Å². The van der Waals surface area contributed by atoms with Crippen molar-refractivity contribution in [2.75, 3.05) is 49.1 Å². The Kier molecular flexibility index (Phi) is 4.74. The molecule has 1 N–H and O–H groups in total. The zero-order valence-corrected chi connectivity index (χ0v) is 18.2. The molecule has 0 aliphatic carbocycles. The van der Waals surface area contributed by atoms with E-state index in [1.165, 1.54) is 0 Å². The van der Waals surface area contributed by atoms with Gasteiger partial charge in [-0.25, -0.2) is 4.98 Å². The number of para-hydroxylation sites is 1. The minimum absolute atomic E-state index is 0.0318. The number of anilines is 2. The molecule has 9 nitrogen and oxygen atoms in total. The molecule has 0 spiro atoms. The zero-order valence-electron chi connectivity index (χ0n) is 18.2. The smallest absolute Gasteiger partial charge is 0.298 e. The molecular formula is C24H24N6O3. The fraction of sp³-hybridized carbons (Fsp3) is 0.333. The van der Waals surface area contributed by atoms with Gasteiger partial charge in [-0.15, -0.1) is 0 Å². The molecule has 9 heteroatoms. The monoisotopic (exact) mass is 444 g/mol. The number of amides is 1. The minimum atomic E-state index is -0.150. The lowest BCUT2D eigenvalue weighted by Gasteiger charge is -2.35. The average Bonchev–Trinajstić information content (AvgIpc) is 3.53. The lowest BCUT2D eigenvalue weighted by Crippen LogP contribution is -2.49. The molecule has 168 valence electrons. The summed E-state index contributed by atoms with van der Waals surface area (Å²) in [5.74, 6) is 0.513. The molecule has 2 aliphatic heterocycles. The van der Waals surface area contributed by atoms with Gasteiger partial charge in [-0.3, -0.25) is 14.6 Å². The number of aromatic amines is 1. The van der Waals surface area contributed by atoms with Crippen LogP contribution in [0.5, 0.6) is 0 Å². The van der Waals surface area contributed by atoms with Crippen molar-refractivity contribution in [3.63, 3.8) is 0 Å². The Labute approximate surface area is 189 Å². The number of H-pyrrole nitrogens is 1. The maximum absolute atomic E-state index is 13.1. The molecule has 2 aromatic carbocycles. The van der Waals surface area contributed by atoms with Gasteiger partial charge in [-0.1, -0.05) is 12.1 Å². The van der Waals surface area contributed by atoms with Crippen LogP contribution in [0, 0.1) is 0 Å². The van der Waals surface area contributed by atoms with Crippen molar-refractivity contribution in [2.45, 2.75) is 12.8 Å². The predicted molar refractivity (Wildman–Crippen MR) is 126 cm³/mol. The Morgan fingerprint density at radius 1 is 0.879 bits per heavy atom. The standard InChI is InChI=1S/C24H24N6O3/c31-21-17-5-1-2-6-18(17)25-23(27-21)29-13-11-28(12-14-29)22(32)16-7-8-19-20(15-16)33-24(26-19)30-9-3-4-10-30/h1-2,5-8,15H,3-4,9-14H2,(H,25,27,31). The van der Waals surface area contributed by atoms with Crippen LogP contribution >= 0.6 is 0 Å². The van der Waals surface area contributed by atoms with Crippen molar-refractivity contribution in [3.8, 4) is 0 Å². The van der Waals surface area contributed by atoms with Gasteiger partial charge in [0.1, 0.15) is 5.52 Å². The Bertz CT molecular complexity index is 1400. The number of aromatic nitrogens is 3. The van der Waals surface area contributed by atoms with Crippen LogP contribution in [0.2, 0.25) is 0 Å². The number of oxazole rings is 1. The molecule has 1 amide bonds. The number of hydrogen-bond donors (Lipinski definition) is 1. The summed E-state index contributed by atoms with van der Waals surface area (Å²) in [5.41, 5.74) is 2.52. The SMILES string of the molecule is O=C(c1ccc2nc(N3CCCC3)oc2c1)N1CCN(c2nc3ccccc3c(=O)[nH]2)CC1. The van der Waals surface area contributed by atoms with Crippen LogP contribution in [0.25, 0.3) is 22.0 Å². The molecule has 0 radical (unpaired) electrons. The molecule has 0 unspecified atom stereocenters. The van der Waals surface area contributed by atoms with Gasteiger partial charge in [-0.05, 0) is 43.2 Å². The molecule has 0 saturated carbocycles. The average molecular weight is 444 g/mol. The Morgan fingerprint density at radius 3 is 2.48 bits per heavy atom. The zero-order chi connectivity index (χ0) is 22.4. The number of hydrogen-bond acceptors (Lipinski definition) is 7. The summed E-state index contributed by atoms with van der Waals surface area (Å²) in [6, 6.07) is 13.4. The second-order valence-electron chi connectivity index (χ2n) is 8.56. The first-order valence-corrected chi connectivity index (χ1v) is 11.3. The second kappa shape index (κ2) is 7.91. The van der Waals surface area contributed by atoms with Gasteiger partial charge in [0.25, 0.3) is 17.5 Å². The van der Waals surface area contributed by atoms with Gasteiger partial charge < -0.3 is 19.1 Å². The van der Waals surface area contributed by atoms with Gasteiger partial charge in [0.2, 0.25) is 5.95 Å². The molecule has 2 aliphatic rings. The third-order valence-corrected chi connectivity index (χ3v) is 6.47. The largest absolute Gasteiger partial charge is 0.423 e. The highest BCUT2D eigenvalue weighted by molar-refractivity contribution is 5.97. The van der Waals surface area contributed by atoms with E-state index in [0.717, 1.165) is 31.4 Å². The molecule has 4 aromatic rings. The van der Waals surface area contributed by atoms with Gasteiger partial charge in [0.05, 0.1) is 10.9 Å². The van der Waals surface area contributed by atoms with Crippen LogP contribution in [-0.2, 0) is 0 Å². The molecule has 2 fully saturated rings. The maximum Gasteiger partial charge on any atom is 0.298 e. The number of rotatable bonds is 3. The summed E-state index contributed by atoms with van der Waals surface area (Å²) in [5, 5.41) is 0.575. The summed E-state index contributed by atoms with van der Waals surface area (Å²) in [4.78, 5) is 43.6.